The highest BCUT2D eigenvalue weighted by Crippen LogP contribution is 2.53. The number of fused-ring (bicyclic) bond motifs is 5. The number of hydrogen-bond acceptors (Lipinski definition) is 5. The largest absolute Gasteiger partial charge is 0.358 e. The molecule has 2 fully saturated rings. The summed E-state index contributed by atoms with van der Waals surface area (Å²) in [5.41, 5.74) is 2.56. The number of carbonyl (C=O) groups is 3. The Labute approximate surface area is 183 Å². The SMILES string of the molecule is O=C(c1cccs1)[C@@H]1[C@@H]2C(=O)N(c3ccccc3)C(=O)[C@@H]2[C@@H]2c3ccccc3C=CN12. The Bertz CT molecular complexity index is 1230. The lowest BCUT2D eigenvalue weighted by atomic mass is 9.84. The molecule has 4 heterocycles. The van der Waals surface area contributed by atoms with Gasteiger partial charge < -0.3 is 4.90 Å². The van der Waals surface area contributed by atoms with Gasteiger partial charge in [0.05, 0.1) is 28.4 Å². The van der Waals surface area contributed by atoms with Crippen molar-refractivity contribution in [3.63, 3.8) is 0 Å². The lowest BCUT2D eigenvalue weighted by molar-refractivity contribution is -0.123. The highest BCUT2D eigenvalue weighted by Gasteiger charge is 2.64. The molecule has 0 saturated carbocycles. The molecule has 3 aliphatic heterocycles. The smallest absolute Gasteiger partial charge is 0.240 e. The lowest BCUT2D eigenvalue weighted by Gasteiger charge is -2.35. The van der Waals surface area contributed by atoms with Crippen LogP contribution in [0.5, 0.6) is 0 Å². The fourth-order valence-corrected chi connectivity index (χ4v) is 5.95. The number of benzene rings is 2. The quantitative estimate of drug-likeness (QED) is 0.466. The molecular formula is C25H18N2O3S. The maximum atomic E-state index is 13.7. The van der Waals surface area contributed by atoms with Crippen LogP contribution in [0.15, 0.2) is 78.3 Å². The molecule has 0 radical (unpaired) electrons. The standard InChI is InChI=1S/C25H18N2O3S/c28-23(18-11-6-14-31-18)22-20-19(21-17-10-5-4-7-15(17)12-13-26(21)22)24(29)27(25(20)30)16-8-2-1-3-9-16/h1-14,19-22H/t19-,20+,21-,22-/m0/s1. The number of rotatable bonds is 3. The van der Waals surface area contributed by atoms with E-state index < -0.39 is 17.9 Å². The molecule has 0 unspecified atom stereocenters. The Morgan fingerprint density at radius 3 is 2.35 bits per heavy atom. The van der Waals surface area contributed by atoms with Crippen molar-refractivity contribution in [3.05, 3.63) is 94.3 Å². The van der Waals surface area contributed by atoms with Gasteiger partial charge in [0.15, 0.2) is 5.78 Å². The number of ketones is 1. The Hall–Kier alpha value is -3.51. The van der Waals surface area contributed by atoms with Crippen LogP contribution in [0.1, 0.15) is 26.8 Å². The minimum Gasteiger partial charge on any atom is -0.358 e. The summed E-state index contributed by atoms with van der Waals surface area (Å²) in [6.07, 6.45) is 3.85. The fourth-order valence-electron chi connectivity index (χ4n) is 5.25. The number of imide groups is 1. The Morgan fingerprint density at radius 1 is 0.839 bits per heavy atom. The minimum atomic E-state index is -0.719. The van der Waals surface area contributed by atoms with Gasteiger partial charge in [0.2, 0.25) is 11.8 Å². The first-order valence-electron chi connectivity index (χ1n) is 10.2. The topological polar surface area (TPSA) is 57.7 Å². The van der Waals surface area contributed by atoms with Gasteiger partial charge >= 0.3 is 0 Å². The van der Waals surface area contributed by atoms with Gasteiger partial charge in [-0.15, -0.1) is 11.3 Å². The molecule has 1 aromatic heterocycles. The average Bonchev–Trinajstić information content (AvgIpc) is 3.50. The zero-order valence-corrected chi connectivity index (χ0v) is 17.2. The Morgan fingerprint density at radius 2 is 1.58 bits per heavy atom. The van der Waals surface area contributed by atoms with Crippen LogP contribution < -0.4 is 4.90 Å². The average molecular weight is 426 g/mol. The van der Waals surface area contributed by atoms with Gasteiger partial charge in [0.1, 0.15) is 6.04 Å². The minimum absolute atomic E-state index is 0.104. The van der Waals surface area contributed by atoms with E-state index in [1.54, 1.807) is 18.2 Å². The van der Waals surface area contributed by atoms with Crippen LogP contribution in [0.3, 0.4) is 0 Å². The molecule has 0 spiro atoms. The summed E-state index contributed by atoms with van der Waals surface area (Å²) in [4.78, 5) is 44.7. The van der Waals surface area contributed by atoms with Gasteiger partial charge in [-0.25, -0.2) is 4.90 Å². The van der Waals surface area contributed by atoms with E-state index in [4.69, 9.17) is 0 Å². The van der Waals surface area contributed by atoms with Crippen molar-refractivity contribution in [2.24, 2.45) is 11.8 Å². The first-order valence-corrected chi connectivity index (χ1v) is 11.1. The van der Waals surface area contributed by atoms with Gasteiger partial charge in [-0.2, -0.15) is 0 Å². The summed E-state index contributed by atoms with van der Waals surface area (Å²) in [7, 11) is 0. The number of carbonyl (C=O) groups excluding carboxylic acids is 3. The highest BCUT2D eigenvalue weighted by molar-refractivity contribution is 7.12. The zero-order chi connectivity index (χ0) is 21.1. The lowest BCUT2D eigenvalue weighted by Crippen LogP contribution is -2.44. The number of Topliss-reactive ketones (excluding diaryl/α,β-unsaturated/α-hetero) is 1. The van der Waals surface area contributed by atoms with Crippen molar-refractivity contribution in [1.29, 1.82) is 0 Å². The monoisotopic (exact) mass is 426 g/mol. The summed E-state index contributed by atoms with van der Waals surface area (Å²) in [6, 6.07) is 19.5. The van der Waals surface area contributed by atoms with Gasteiger partial charge in [-0.05, 0) is 40.8 Å². The number of hydrogen-bond donors (Lipinski definition) is 0. The number of nitrogens with zero attached hydrogens (tertiary/aromatic N) is 2. The number of para-hydroxylation sites is 1. The molecule has 4 atom stereocenters. The molecule has 2 aromatic carbocycles. The van der Waals surface area contributed by atoms with E-state index in [0.29, 0.717) is 10.6 Å². The predicted octanol–water partition coefficient (Wildman–Crippen LogP) is 4.15. The van der Waals surface area contributed by atoms with Crippen LogP contribution in [0.2, 0.25) is 0 Å². The van der Waals surface area contributed by atoms with Crippen molar-refractivity contribution >= 4 is 40.7 Å². The number of anilines is 1. The first kappa shape index (κ1) is 18.3. The summed E-state index contributed by atoms with van der Waals surface area (Å²) >= 11 is 1.37. The molecule has 5 nitrogen and oxygen atoms in total. The molecule has 3 aromatic rings. The molecule has 0 aliphatic carbocycles. The van der Waals surface area contributed by atoms with Crippen molar-refractivity contribution in [2.45, 2.75) is 12.1 Å². The normalized spacial score (nSPS) is 26.1. The van der Waals surface area contributed by atoms with E-state index in [1.165, 1.54) is 16.2 Å². The zero-order valence-electron chi connectivity index (χ0n) is 16.4. The van der Waals surface area contributed by atoms with E-state index in [0.717, 1.165) is 11.1 Å². The maximum absolute atomic E-state index is 13.7. The Kier molecular flexibility index (Phi) is 3.98. The van der Waals surface area contributed by atoms with E-state index in [2.05, 4.69) is 0 Å². The molecule has 0 N–H and O–H groups in total. The Balaban J connectivity index is 1.52. The van der Waals surface area contributed by atoms with Crippen LogP contribution in [-0.4, -0.2) is 28.5 Å². The summed E-state index contributed by atoms with van der Waals surface area (Å²) in [5, 5.41) is 1.86. The molecule has 6 heteroatoms. The molecule has 6 rings (SSSR count). The van der Waals surface area contributed by atoms with E-state index in [1.807, 2.05) is 71.1 Å². The molecule has 31 heavy (non-hydrogen) atoms. The molecule has 2 amide bonds. The van der Waals surface area contributed by atoms with Crippen LogP contribution >= 0.6 is 11.3 Å². The van der Waals surface area contributed by atoms with Gasteiger partial charge in [-0.3, -0.25) is 14.4 Å². The molecule has 3 aliphatic rings. The van der Waals surface area contributed by atoms with Crippen LogP contribution in [0.4, 0.5) is 5.69 Å². The fraction of sp³-hybridized carbons (Fsp3) is 0.160. The van der Waals surface area contributed by atoms with E-state index in [-0.39, 0.29) is 23.6 Å². The second kappa shape index (κ2) is 6.75. The molecule has 0 bridgehead atoms. The third kappa shape index (κ3) is 2.51. The second-order valence-corrected chi connectivity index (χ2v) is 8.97. The number of thiophene rings is 1. The summed E-state index contributed by atoms with van der Waals surface area (Å²) in [5.74, 6) is -1.96. The van der Waals surface area contributed by atoms with Gasteiger partial charge in [-0.1, -0.05) is 48.5 Å². The molecular weight excluding hydrogens is 408 g/mol. The van der Waals surface area contributed by atoms with Crippen molar-refractivity contribution in [3.8, 4) is 0 Å². The summed E-state index contributed by atoms with van der Waals surface area (Å²) < 4.78 is 0. The van der Waals surface area contributed by atoms with Crippen molar-refractivity contribution < 1.29 is 14.4 Å². The molecule has 2 saturated heterocycles. The van der Waals surface area contributed by atoms with Gasteiger partial charge in [0.25, 0.3) is 0 Å². The predicted molar refractivity (Wildman–Crippen MR) is 118 cm³/mol. The molecule has 152 valence electrons. The number of amides is 2. The third-order valence-corrected chi connectivity index (χ3v) is 7.39. The maximum Gasteiger partial charge on any atom is 0.240 e. The van der Waals surface area contributed by atoms with Crippen LogP contribution in [0, 0.1) is 11.8 Å². The van der Waals surface area contributed by atoms with Gasteiger partial charge in [0, 0.05) is 6.20 Å². The highest BCUT2D eigenvalue weighted by atomic mass is 32.1. The first-order chi connectivity index (χ1) is 15.2. The summed E-state index contributed by atoms with van der Waals surface area (Å²) in [6.45, 7) is 0. The van der Waals surface area contributed by atoms with Crippen molar-refractivity contribution in [2.75, 3.05) is 4.90 Å². The second-order valence-electron chi connectivity index (χ2n) is 8.02. The van der Waals surface area contributed by atoms with E-state index in [9.17, 15) is 14.4 Å². The van der Waals surface area contributed by atoms with Crippen LogP contribution in [-0.2, 0) is 9.59 Å². The van der Waals surface area contributed by atoms with Crippen molar-refractivity contribution in [1.82, 2.24) is 4.90 Å². The van der Waals surface area contributed by atoms with E-state index >= 15 is 0 Å². The van der Waals surface area contributed by atoms with Crippen LogP contribution in [0.25, 0.3) is 6.08 Å². The third-order valence-electron chi connectivity index (χ3n) is 6.51.